The van der Waals surface area contributed by atoms with Gasteiger partial charge in [-0.1, -0.05) is 170 Å². The lowest BCUT2D eigenvalue weighted by molar-refractivity contribution is 0.669. The first-order valence-electron chi connectivity index (χ1n) is 19.4. The number of furan rings is 1. The smallest absolute Gasteiger partial charge is 0.137 e. The van der Waals surface area contributed by atoms with E-state index in [1.165, 1.54) is 60.8 Å². The Morgan fingerprint density at radius 1 is 0.446 bits per heavy atom. The first kappa shape index (κ1) is 32.3. The highest BCUT2D eigenvalue weighted by Crippen LogP contribution is 2.58. The Labute approximate surface area is 326 Å². The minimum atomic E-state index is -0.541. The van der Waals surface area contributed by atoms with Crippen LogP contribution in [0.5, 0.6) is 0 Å². The summed E-state index contributed by atoms with van der Waals surface area (Å²) in [7, 11) is 0. The highest BCUT2D eigenvalue weighted by Gasteiger charge is 2.47. The zero-order valence-corrected chi connectivity index (χ0v) is 31.0. The van der Waals surface area contributed by atoms with E-state index in [2.05, 4.69) is 212 Å². The van der Waals surface area contributed by atoms with Crippen molar-refractivity contribution in [3.05, 3.63) is 234 Å². The lowest BCUT2D eigenvalue weighted by atomic mass is 9.67. The fraction of sp³-hybridized carbons (Fsp3) is 0.0370. The predicted octanol–water partition coefficient (Wildman–Crippen LogP) is 14.5. The van der Waals surface area contributed by atoms with E-state index in [1.54, 1.807) is 0 Å². The molecule has 56 heavy (non-hydrogen) atoms. The number of hydrogen-bond acceptors (Lipinski definition) is 2. The maximum absolute atomic E-state index is 6.55. The maximum atomic E-state index is 6.55. The van der Waals surface area contributed by atoms with Crippen LogP contribution in [0.4, 0.5) is 17.1 Å². The Morgan fingerprint density at radius 3 is 1.86 bits per heavy atom. The average Bonchev–Trinajstić information content (AvgIpc) is 3.79. The Morgan fingerprint density at radius 2 is 1.09 bits per heavy atom. The summed E-state index contributed by atoms with van der Waals surface area (Å²) in [6.45, 7) is 2.25. The van der Waals surface area contributed by atoms with E-state index in [9.17, 15) is 0 Å². The summed E-state index contributed by atoms with van der Waals surface area (Å²) in [5.74, 6) is 0. The fourth-order valence-corrected chi connectivity index (χ4v) is 9.55. The van der Waals surface area contributed by atoms with Crippen LogP contribution in [0.15, 0.2) is 211 Å². The van der Waals surface area contributed by atoms with E-state index in [-0.39, 0.29) is 0 Å². The van der Waals surface area contributed by atoms with Crippen molar-refractivity contribution in [2.45, 2.75) is 12.3 Å². The molecule has 1 aromatic heterocycles. The molecule has 0 fully saturated rings. The van der Waals surface area contributed by atoms with Crippen LogP contribution in [0.1, 0.15) is 27.8 Å². The van der Waals surface area contributed by atoms with Crippen LogP contribution in [-0.4, -0.2) is 0 Å². The van der Waals surface area contributed by atoms with Crippen molar-refractivity contribution in [3.8, 4) is 22.3 Å². The first-order chi connectivity index (χ1) is 27.7. The third-order valence-electron chi connectivity index (χ3n) is 11.9. The molecule has 0 radical (unpaired) electrons. The summed E-state index contributed by atoms with van der Waals surface area (Å²) in [6.07, 6.45) is 0. The van der Waals surface area contributed by atoms with Gasteiger partial charge in [-0.15, -0.1) is 0 Å². The summed E-state index contributed by atoms with van der Waals surface area (Å²) >= 11 is 0. The minimum absolute atomic E-state index is 0.541. The van der Waals surface area contributed by atoms with E-state index >= 15 is 0 Å². The normalized spacial score (nSPS) is 12.9. The molecule has 0 N–H and O–H groups in total. The van der Waals surface area contributed by atoms with Gasteiger partial charge >= 0.3 is 0 Å². The minimum Gasteiger partial charge on any atom is -0.456 e. The molecule has 2 heteroatoms. The molecule has 0 saturated heterocycles. The number of fused-ring (bicyclic) bond motifs is 7. The molecule has 0 spiro atoms. The quantitative estimate of drug-likeness (QED) is 0.170. The number of para-hydroxylation sites is 1. The molecule has 1 aliphatic rings. The van der Waals surface area contributed by atoms with E-state index in [0.29, 0.717) is 0 Å². The van der Waals surface area contributed by atoms with Gasteiger partial charge in [-0.05, 0) is 98.6 Å². The molecule has 0 amide bonds. The number of nitrogens with zero attached hydrogens (tertiary/aromatic N) is 1. The molecule has 0 bridgehead atoms. The topological polar surface area (TPSA) is 16.4 Å². The standard InChI is InChI=1S/C54H37NO/c1-36-17-15-27-45-51(36)43-33-32-41(35-46(43)54(45,39-21-7-3-8-22-39)40-23-9-4-10-24-40)55(47-28-16-30-50-53(47)44-26-13-14-29-49(44)56-50)48-34-31-37-18-11-12-25-42(37)52(48)38-19-5-2-6-20-38/h2-35H,1H3. The zero-order chi connectivity index (χ0) is 37.2. The van der Waals surface area contributed by atoms with Crippen molar-refractivity contribution in [2.75, 3.05) is 4.90 Å². The van der Waals surface area contributed by atoms with Gasteiger partial charge < -0.3 is 9.32 Å². The SMILES string of the molecule is Cc1cccc2c1-c1ccc(N(c3ccc4ccccc4c3-c3ccccc3)c3cccc4oc5ccccc5c34)cc1C2(c1ccccc1)c1ccccc1. The van der Waals surface area contributed by atoms with Gasteiger partial charge in [0, 0.05) is 16.6 Å². The van der Waals surface area contributed by atoms with Crippen molar-refractivity contribution < 1.29 is 4.42 Å². The van der Waals surface area contributed by atoms with Gasteiger partial charge in [0.05, 0.1) is 22.2 Å². The highest BCUT2D eigenvalue weighted by molar-refractivity contribution is 6.15. The molecule has 11 rings (SSSR count). The molecule has 2 nitrogen and oxygen atoms in total. The predicted molar refractivity (Wildman–Crippen MR) is 233 cm³/mol. The number of aryl methyl sites for hydroxylation is 1. The second-order valence-electron chi connectivity index (χ2n) is 14.8. The van der Waals surface area contributed by atoms with Crippen LogP contribution < -0.4 is 4.90 Å². The molecular formula is C54H37NO. The van der Waals surface area contributed by atoms with Gasteiger partial charge in [-0.25, -0.2) is 0 Å². The maximum Gasteiger partial charge on any atom is 0.137 e. The number of benzene rings is 9. The van der Waals surface area contributed by atoms with E-state index in [4.69, 9.17) is 4.42 Å². The summed E-state index contributed by atoms with van der Waals surface area (Å²) < 4.78 is 6.55. The third kappa shape index (κ3) is 4.69. The van der Waals surface area contributed by atoms with Crippen molar-refractivity contribution in [1.82, 2.24) is 0 Å². The lowest BCUT2D eigenvalue weighted by Gasteiger charge is -2.35. The monoisotopic (exact) mass is 715 g/mol. The Bertz CT molecular complexity index is 3050. The second kappa shape index (κ2) is 12.7. The Hall–Kier alpha value is -7.16. The summed E-state index contributed by atoms with van der Waals surface area (Å²) in [5.41, 5.74) is 15.7. The fourth-order valence-electron chi connectivity index (χ4n) is 9.55. The molecule has 9 aromatic carbocycles. The van der Waals surface area contributed by atoms with E-state index < -0.39 is 5.41 Å². The molecule has 0 atom stereocenters. The first-order valence-corrected chi connectivity index (χ1v) is 19.4. The van der Waals surface area contributed by atoms with Crippen molar-refractivity contribution in [1.29, 1.82) is 0 Å². The molecular weight excluding hydrogens is 679 g/mol. The second-order valence-corrected chi connectivity index (χ2v) is 14.8. The van der Waals surface area contributed by atoms with Crippen LogP contribution in [0.3, 0.4) is 0 Å². The summed E-state index contributed by atoms with van der Waals surface area (Å²) in [6, 6.07) is 75.1. The van der Waals surface area contributed by atoms with Crippen LogP contribution in [0.2, 0.25) is 0 Å². The molecule has 0 saturated carbocycles. The Kier molecular flexibility index (Phi) is 7.33. The Balaban J connectivity index is 1.28. The van der Waals surface area contributed by atoms with Gasteiger partial charge in [-0.3, -0.25) is 0 Å². The lowest BCUT2D eigenvalue weighted by Crippen LogP contribution is -2.28. The van der Waals surface area contributed by atoms with Crippen molar-refractivity contribution >= 4 is 49.8 Å². The molecule has 10 aromatic rings. The van der Waals surface area contributed by atoms with Crippen LogP contribution in [0.25, 0.3) is 55.0 Å². The third-order valence-corrected chi connectivity index (χ3v) is 11.9. The van der Waals surface area contributed by atoms with Gasteiger partial charge in [0.15, 0.2) is 0 Å². The molecule has 264 valence electrons. The van der Waals surface area contributed by atoms with E-state index in [0.717, 1.165) is 39.0 Å². The molecule has 1 heterocycles. The number of rotatable bonds is 6. The highest BCUT2D eigenvalue weighted by atomic mass is 16.3. The molecule has 0 aliphatic heterocycles. The summed E-state index contributed by atoms with van der Waals surface area (Å²) in [5, 5.41) is 4.59. The van der Waals surface area contributed by atoms with Crippen LogP contribution >= 0.6 is 0 Å². The largest absolute Gasteiger partial charge is 0.456 e. The van der Waals surface area contributed by atoms with E-state index in [1.807, 2.05) is 6.07 Å². The average molecular weight is 716 g/mol. The number of hydrogen-bond donors (Lipinski definition) is 0. The number of anilines is 3. The molecule has 0 unspecified atom stereocenters. The van der Waals surface area contributed by atoms with Gasteiger partial charge in [0.25, 0.3) is 0 Å². The van der Waals surface area contributed by atoms with Crippen LogP contribution in [-0.2, 0) is 5.41 Å². The van der Waals surface area contributed by atoms with Crippen LogP contribution in [0, 0.1) is 6.92 Å². The van der Waals surface area contributed by atoms with Gasteiger partial charge in [0.2, 0.25) is 0 Å². The van der Waals surface area contributed by atoms with Gasteiger partial charge in [-0.2, -0.15) is 0 Å². The van der Waals surface area contributed by atoms with Crippen molar-refractivity contribution in [2.24, 2.45) is 0 Å². The zero-order valence-electron chi connectivity index (χ0n) is 31.0. The van der Waals surface area contributed by atoms with Gasteiger partial charge in [0.1, 0.15) is 11.2 Å². The molecule has 1 aliphatic carbocycles. The van der Waals surface area contributed by atoms with Crippen molar-refractivity contribution in [3.63, 3.8) is 0 Å². The summed E-state index contributed by atoms with van der Waals surface area (Å²) in [4.78, 5) is 2.48.